The minimum Gasteiger partial charge on any atom is -0.454 e. The fourth-order valence-electron chi connectivity index (χ4n) is 3.57. The maximum atomic E-state index is 12.5. The van der Waals surface area contributed by atoms with Gasteiger partial charge in [-0.05, 0) is 35.7 Å². The van der Waals surface area contributed by atoms with Crippen LogP contribution in [0.1, 0.15) is 44.4 Å². The van der Waals surface area contributed by atoms with Crippen LogP contribution in [0.3, 0.4) is 0 Å². The zero-order valence-corrected chi connectivity index (χ0v) is 15.4. The lowest BCUT2D eigenvalue weighted by atomic mass is 9.93. The summed E-state index contributed by atoms with van der Waals surface area (Å²) in [6.07, 6.45) is 0.537. The van der Waals surface area contributed by atoms with Crippen molar-refractivity contribution in [2.24, 2.45) is 0 Å². The van der Waals surface area contributed by atoms with E-state index in [2.05, 4.69) is 5.32 Å². The predicted molar refractivity (Wildman–Crippen MR) is 99.3 cm³/mol. The molecule has 0 spiro atoms. The molecule has 1 fully saturated rings. The van der Waals surface area contributed by atoms with Crippen LogP contribution in [0, 0.1) is 0 Å². The highest BCUT2D eigenvalue weighted by Crippen LogP contribution is 2.31. The van der Waals surface area contributed by atoms with Gasteiger partial charge in [0, 0.05) is 18.0 Å². The highest BCUT2D eigenvalue weighted by molar-refractivity contribution is 7.91. The molecular weight excluding hydrogens is 366 g/mol. The van der Waals surface area contributed by atoms with Crippen LogP contribution in [0.5, 0.6) is 0 Å². The standard InChI is InChI=1S/C20H19NO5S/c22-19(21-16-8-9-27(24,25)12-16)14-6-7-17-15(10-14)11-18(26-20(17)23)13-4-2-1-3-5-13/h1-7,10,16,18H,8-9,11-12H2,(H,21,22)/t16-,18-/m0/s1. The predicted octanol–water partition coefficient (Wildman–Crippen LogP) is 2.06. The second-order valence-electron chi connectivity index (χ2n) is 6.95. The van der Waals surface area contributed by atoms with Gasteiger partial charge in [0.1, 0.15) is 6.10 Å². The third-order valence-corrected chi connectivity index (χ3v) is 6.75. The molecule has 0 radical (unpaired) electrons. The molecule has 1 saturated heterocycles. The quantitative estimate of drug-likeness (QED) is 0.817. The molecule has 0 aliphatic carbocycles. The van der Waals surface area contributed by atoms with Gasteiger partial charge >= 0.3 is 5.97 Å². The van der Waals surface area contributed by atoms with Crippen LogP contribution in [-0.2, 0) is 21.0 Å². The largest absolute Gasteiger partial charge is 0.454 e. The number of nitrogens with one attached hydrogen (secondary N) is 1. The highest BCUT2D eigenvalue weighted by Gasteiger charge is 2.31. The smallest absolute Gasteiger partial charge is 0.339 e. The summed E-state index contributed by atoms with van der Waals surface area (Å²) in [5.74, 6) is -0.646. The van der Waals surface area contributed by atoms with Crippen LogP contribution in [0.4, 0.5) is 0 Å². The minimum atomic E-state index is -3.06. The minimum absolute atomic E-state index is 0.0217. The number of sulfone groups is 1. The maximum Gasteiger partial charge on any atom is 0.339 e. The van der Waals surface area contributed by atoms with E-state index < -0.39 is 15.8 Å². The average molecular weight is 385 g/mol. The Bertz CT molecular complexity index is 1000. The van der Waals surface area contributed by atoms with Gasteiger partial charge < -0.3 is 10.1 Å². The molecule has 7 heteroatoms. The first-order chi connectivity index (χ1) is 12.9. The van der Waals surface area contributed by atoms with Crippen LogP contribution in [-0.4, -0.2) is 37.8 Å². The normalized spacial score (nSPS) is 23.3. The monoisotopic (exact) mass is 385 g/mol. The van der Waals surface area contributed by atoms with E-state index in [9.17, 15) is 18.0 Å². The molecule has 27 heavy (non-hydrogen) atoms. The van der Waals surface area contributed by atoms with Crippen molar-refractivity contribution in [3.05, 3.63) is 70.8 Å². The molecule has 2 aromatic carbocycles. The molecule has 2 heterocycles. The lowest BCUT2D eigenvalue weighted by Crippen LogP contribution is -2.35. The number of esters is 1. The Morgan fingerprint density at radius 1 is 1.11 bits per heavy atom. The van der Waals surface area contributed by atoms with E-state index in [1.54, 1.807) is 18.2 Å². The molecule has 1 amide bonds. The maximum absolute atomic E-state index is 12.5. The number of ether oxygens (including phenoxy) is 1. The Morgan fingerprint density at radius 2 is 1.89 bits per heavy atom. The van der Waals surface area contributed by atoms with Crippen LogP contribution in [0.15, 0.2) is 48.5 Å². The third kappa shape index (κ3) is 3.73. The topological polar surface area (TPSA) is 89.5 Å². The van der Waals surface area contributed by atoms with Gasteiger partial charge in [-0.25, -0.2) is 13.2 Å². The van der Waals surface area contributed by atoms with Gasteiger partial charge in [-0.15, -0.1) is 0 Å². The molecule has 0 aromatic heterocycles. The second-order valence-corrected chi connectivity index (χ2v) is 9.18. The van der Waals surface area contributed by atoms with Gasteiger partial charge in [-0.1, -0.05) is 30.3 Å². The summed E-state index contributed by atoms with van der Waals surface area (Å²) in [5, 5.41) is 2.78. The fraction of sp³-hybridized carbons (Fsp3) is 0.300. The summed E-state index contributed by atoms with van der Waals surface area (Å²) in [6.45, 7) is 0. The van der Waals surface area contributed by atoms with Crippen LogP contribution in [0.2, 0.25) is 0 Å². The van der Waals surface area contributed by atoms with Gasteiger partial charge in [-0.3, -0.25) is 4.79 Å². The van der Waals surface area contributed by atoms with Crippen molar-refractivity contribution in [2.75, 3.05) is 11.5 Å². The van der Waals surface area contributed by atoms with Crippen LogP contribution < -0.4 is 5.32 Å². The van der Waals surface area contributed by atoms with Crippen molar-refractivity contribution in [3.8, 4) is 0 Å². The molecule has 2 aliphatic rings. The molecule has 6 nitrogen and oxygen atoms in total. The second kappa shape index (κ2) is 6.81. The first-order valence-electron chi connectivity index (χ1n) is 8.81. The molecule has 2 aliphatic heterocycles. The Morgan fingerprint density at radius 3 is 2.59 bits per heavy atom. The van der Waals surface area contributed by atoms with Crippen LogP contribution >= 0.6 is 0 Å². The summed E-state index contributed by atoms with van der Waals surface area (Å²) in [4.78, 5) is 24.8. The lowest BCUT2D eigenvalue weighted by Gasteiger charge is -2.25. The number of amides is 1. The number of hydrogen-bond acceptors (Lipinski definition) is 5. The number of rotatable bonds is 3. The van der Waals surface area contributed by atoms with E-state index in [4.69, 9.17) is 4.74 Å². The van der Waals surface area contributed by atoms with Gasteiger partial charge in [0.25, 0.3) is 5.91 Å². The molecule has 140 valence electrons. The number of carbonyl (C=O) groups is 2. The van der Waals surface area contributed by atoms with Gasteiger partial charge in [0.15, 0.2) is 9.84 Å². The van der Waals surface area contributed by atoms with E-state index in [0.717, 1.165) is 11.1 Å². The average Bonchev–Trinajstić information content (AvgIpc) is 3.00. The van der Waals surface area contributed by atoms with E-state index in [-0.39, 0.29) is 29.6 Å². The summed E-state index contributed by atoms with van der Waals surface area (Å²) < 4.78 is 28.6. The number of benzene rings is 2. The number of carbonyl (C=O) groups excluding carboxylic acids is 2. The van der Waals surface area contributed by atoms with E-state index in [1.807, 2.05) is 30.3 Å². The molecule has 4 rings (SSSR count). The Balaban J connectivity index is 1.54. The highest BCUT2D eigenvalue weighted by atomic mass is 32.2. The Hall–Kier alpha value is -2.67. The molecule has 1 N–H and O–H groups in total. The Kier molecular flexibility index (Phi) is 4.47. The molecule has 0 bridgehead atoms. The van der Waals surface area contributed by atoms with Gasteiger partial charge in [0.2, 0.25) is 0 Å². The number of hydrogen-bond donors (Lipinski definition) is 1. The van der Waals surface area contributed by atoms with E-state index in [1.165, 1.54) is 0 Å². The summed E-state index contributed by atoms with van der Waals surface area (Å²) in [5.41, 5.74) is 2.54. The first-order valence-corrected chi connectivity index (χ1v) is 10.6. The zero-order chi connectivity index (χ0) is 19.0. The molecule has 2 aromatic rings. The Labute approximate surface area is 157 Å². The van der Waals surface area contributed by atoms with Crippen molar-refractivity contribution < 1.29 is 22.7 Å². The van der Waals surface area contributed by atoms with E-state index >= 15 is 0 Å². The number of cyclic esters (lactones) is 1. The summed E-state index contributed by atoms with van der Waals surface area (Å²) >= 11 is 0. The van der Waals surface area contributed by atoms with E-state index in [0.29, 0.717) is 24.0 Å². The van der Waals surface area contributed by atoms with Crippen molar-refractivity contribution >= 4 is 21.7 Å². The first kappa shape index (κ1) is 17.7. The third-order valence-electron chi connectivity index (χ3n) is 4.98. The fourth-order valence-corrected chi connectivity index (χ4v) is 5.24. The van der Waals surface area contributed by atoms with Gasteiger partial charge in [0.05, 0.1) is 17.1 Å². The van der Waals surface area contributed by atoms with Crippen molar-refractivity contribution in [1.29, 1.82) is 0 Å². The summed E-state index contributed by atoms with van der Waals surface area (Å²) in [7, 11) is -3.06. The van der Waals surface area contributed by atoms with Crippen molar-refractivity contribution in [3.63, 3.8) is 0 Å². The van der Waals surface area contributed by atoms with Gasteiger partial charge in [-0.2, -0.15) is 0 Å². The summed E-state index contributed by atoms with van der Waals surface area (Å²) in [6, 6.07) is 14.0. The molecule has 0 saturated carbocycles. The van der Waals surface area contributed by atoms with Crippen LogP contribution in [0.25, 0.3) is 0 Å². The molecule has 2 atom stereocenters. The molecule has 0 unspecified atom stereocenters. The number of fused-ring (bicyclic) bond motifs is 1. The molecular formula is C20H19NO5S. The lowest BCUT2D eigenvalue weighted by molar-refractivity contribution is 0.0252. The van der Waals surface area contributed by atoms with Crippen molar-refractivity contribution in [2.45, 2.75) is 25.0 Å². The zero-order valence-electron chi connectivity index (χ0n) is 14.6. The van der Waals surface area contributed by atoms with Crippen molar-refractivity contribution in [1.82, 2.24) is 5.32 Å². The SMILES string of the molecule is O=C(N[C@H]1CCS(=O)(=O)C1)c1ccc2c(c1)C[C@@H](c1ccccc1)OC2=O.